The smallest absolute Gasteiger partial charge is 0.407 e. The molecule has 0 aromatic heterocycles. The van der Waals surface area contributed by atoms with Gasteiger partial charge in [-0.2, -0.15) is 0 Å². The van der Waals surface area contributed by atoms with E-state index < -0.39 is 21.7 Å². The first kappa shape index (κ1) is 29.3. The Morgan fingerprint density at radius 1 is 1.00 bits per heavy atom. The number of hydrogen-bond acceptors (Lipinski definition) is 6. The molecular formula is C28H34BrN3O5S. The highest BCUT2D eigenvalue weighted by atomic mass is 79.9. The molecule has 8 nitrogen and oxygen atoms in total. The van der Waals surface area contributed by atoms with Crippen molar-refractivity contribution in [2.45, 2.75) is 44.7 Å². The highest BCUT2D eigenvalue weighted by Crippen LogP contribution is 2.30. The number of nitrogens with one attached hydrogen (secondary N) is 2. The summed E-state index contributed by atoms with van der Waals surface area (Å²) in [5.74, 6) is 0.276. The molecule has 0 aliphatic rings. The van der Waals surface area contributed by atoms with Crippen LogP contribution in [0.15, 0.2) is 82.2 Å². The molecular weight excluding hydrogens is 570 g/mol. The first-order chi connectivity index (χ1) is 18.0. The lowest BCUT2D eigenvalue weighted by atomic mass is 10.2. The highest BCUT2D eigenvalue weighted by Gasteiger charge is 2.21. The zero-order valence-electron chi connectivity index (χ0n) is 22.0. The zero-order valence-corrected chi connectivity index (χ0v) is 24.4. The van der Waals surface area contributed by atoms with E-state index in [2.05, 4.69) is 30.9 Å². The second kappa shape index (κ2) is 13.0. The number of nitrogens with zero attached hydrogens (tertiary/aromatic N) is 1. The average Bonchev–Trinajstić information content (AvgIpc) is 2.84. The van der Waals surface area contributed by atoms with Crippen LogP contribution in [0.25, 0.3) is 0 Å². The van der Waals surface area contributed by atoms with Crippen molar-refractivity contribution >= 4 is 43.4 Å². The van der Waals surface area contributed by atoms with Gasteiger partial charge in [0, 0.05) is 29.8 Å². The van der Waals surface area contributed by atoms with Crippen molar-refractivity contribution in [1.82, 2.24) is 5.32 Å². The van der Waals surface area contributed by atoms with Crippen LogP contribution in [0.5, 0.6) is 5.75 Å². The molecule has 3 rings (SSSR count). The van der Waals surface area contributed by atoms with Gasteiger partial charge < -0.3 is 19.7 Å². The summed E-state index contributed by atoms with van der Waals surface area (Å²) in [5.41, 5.74) is 1.68. The van der Waals surface area contributed by atoms with Gasteiger partial charge >= 0.3 is 6.09 Å². The summed E-state index contributed by atoms with van der Waals surface area (Å²) in [4.78, 5) is 14.2. The van der Waals surface area contributed by atoms with Crippen molar-refractivity contribution in [1.29, 1.82) is 0 Å². The summed E-state index contributed by atoms with van der Waals surface area (Å²) < 4.78 is 40.8. The molecule has 1 amide bonds. The van der Waals surface area contributed by atoms with E-state index in [1.807, 2.05) is 57.2 Å². The Kier molecular flexibility index (Phi) is 10.0. The Morgan fingerprint density at radius 3 is 2.42 bits per heavy atom. The lowest BCUT2D eigenvalue weighted by molar-refractivity contribution is 0.0529. The Bertz CT molecular complexity index is 1330. The number of sulfonamides is 1. The molecule has 2 N–H and O–H groups in total. The van der Waals surface area contributed by atoms with Crippen molar-refractivity contribution in [3.63, 3.8) is 0 Å². The minimum atomic E-state index is -3.93. The van der Waals surface area contributed by atoms with E-state index in [-0.39, 0.29) is 10.6 Å². The molecule has 0 saturated carbocycles. The van der Waals surface area contributed by atoms with Crippen molar-refractivity contribution in [2.75, 3.05) is 29.3 Å². The van der Waals surface area contributed by atoms with Gasteiger partial charge in [-0.05, 0) is 69.7 Å². The normalized spacial score (nSPS) is 11.5. The van der Waals surface area contributed by atoms with Crippen molar-refractivity contribution in [3.05, 3.63) is 82.8 Å². The molecule has 0 atom stereocenters. The van der Waals surface area contributed by atoms with Crippen LogP contribution in [0, 0.1) is 0 Å². The summed E-state index contributed by atoms with van der Waals surface area (Å²) in [6.45, 7) is 8.95. The second-order valence-corrected chi connectivity index (χ2v) is 12.1. The van der Waals surface area contributed by atoms with Gasteiger partial charge in [0.05, 0.1) is 12.3 Å². The largest absolute Gasteiger partial charge is 0.492 e. The van der Waals surface area contributed by atoms with Crippen molar-refractivity contribution < 1.29 is 22.7 Å². The van der Waals surface area contributed by atoms with Crippen LogP contribution in [-0.2, 0) is 21.3 Å². The Labute approximate surface area is 233 Å². The molecule has 0 aliphatic heterocycles. The number of carbonyl (C=O) groups is 1. The topological polar surface area (TPSA) is 97.0 Å². The summed E-state index contributed by atoms with van der Waals surface area (Å²) in [6, 6.07) is 21.9. The number of amides is 1. The van der Waals surface area contributed by atoms with Crippen LogP contribution < -0.4 is 19.7 Å². The molecule has 0 saturated heterocycles. The van der Waals surface area contributed by atoms with E-state index in [9.17, 15) is 13.2 Å². The Morgan fingerprint density at radius 2 is 1.74 bits per heavy atom. The van der Waals surface area contributed by atoms with E-state index in [1.165, 1.54) is 6.07 Å². The van der Waals surface area contributed by atoms with Crippen LogP contribution in [0.1, 0.15) is 33.3 Å². The minimum Gasteiger partial charge on any atom is -0.492 e. The quantitative estimate of drug-likeness (QED) is 0.272. The van der Waals surface area contributed by atoms with Crippen molar-refractivity contribution in [2.24, 2.45) is 0 Å². The predicted molar refractivity (Wildman–Crippen MR) is 154 cm³/mol. The fourth-order valence-corrected chi connectivity index (χ4v) is 5.39. The summed E-state index contributed by atoms with van der Waals surface area (Å²) in [6.07, 6.45) is -0.488. The van der Waals surface area contributed by atoms with Crippen LogP contribution in [0.2, 0.25) is 0 Å². The summed E-state index contributed by atoms with van der Waals surface area (Å²) >= 11 is 3.34. The zero-order chi connectivity index (χ0) is 27.8. The third kappa shape index (κ3) is 8.95. The summed E-state index contributed by atoms with van der Waals surface area (Å²) in [7, 11) is -3.93. The number of hydrogen-bond donors (Lipinski definition) is 2. The van der Waals surface area contributed by atoms with Crippen LogP contribution >= 0.6 is 15.9 Å². The molecule has 3 aromatic carbocycles. The number of rotatable bonds is 11. The maximum atomic E-state index is 13.3. The maximum absolute atomic E-state index is 13.3. The fourth-order valence-electron chi connectivity index (χ4n) is 3.65. The predicted octanol–water partition coefficient (Wildman–Crippen LogP) is 6.18. The molecule has 0 fully saturated rings. The molecule has 0 bridgehead atoms. The lowest BCUT2D eigenvalue weighted by Gasteiger charge is -2.26. The molecule has 0 radical (unpaired) electrons. The standard InChI is InChI=1S/C28H34BrN3O5S/c1-5-36-25-15-14-22(29)18-26(25)38(34,35)31-23-12-9-13-24(19-23)32(20-21-10-7-6-8-11-21)17-16-30-27(33)37-28(2,3)4/h6-15,18-19,31H,5,16-17,20H2,1-4H3,(H,30,33). The molecule has 0 spiro atoms. The van der Waals surface area contributed by atoms with Gasteiger partial charge in [-0.1, -0.05) is 52.3 Å². The van der Waals surface area contributed by atoms with Gasteiger partial charge in [0.2, 0.25) is 0 Å². The van der Waals surface area contributed by atoms with Gasteiger partial charge in [0.1, 0.15) is 16.2 Å². The third-order valence-corrected chi connectivity index (χ3v) is 7.12. The maximum Gasteiger partial charge on any atom is 0.407 e. The number of ether oxygens (including phenoxy) is 2. The number of anilines is 2. The molecule has 0 unspecified atom stereocenters. The van der Waals surface area contributed by atoms with E-state index in [0.717, 1.165) is 11.3 Å². The SMILES string of the molecule is CCOc1ccc(Br)cc1S(=O)(=O)Nc1cccc(N(CCNC(=O)OC(C)(C)C)Cc2ccccc2)c1. The van der Waals surface area contributed by atoms with E-state index in [0.29, 0.717) is 36.4 Å². The van der Waals surface area contributed by atoms with Gasteiger partial charge in [-0.3, -0.25) is 4.72 Å². The minimum absolute atomic E-state index is 0.0434. The van der Waals surface area contributed by atoms with Gasteiger partial charge in [0.25, 0.3) is 10.0 Å². The number of halogens is 1. The monoisotopic (exact) mass is 603 g/mol. The number of carbonyl (C=O) groups excluding carboxylic acids is 1. The Balaban J connectivity index is 1.82. The number of alkyl carbamates (subject to hydrolysis) is 1. The lowest BCUT2D eigenvalue weighted by Crippen LogP contribution is -2.38. The molecule has 3 aromatic rings. The molecule has 0 heterocycles. The van der Waals surface area contributed by atoms with E-state index in [1.54, 1.807) is 37.3 Å². The Hall–Kier alpha value is -3.24. The van der Waals surface area contributed by atoms with Gasteiger partial charge in [-0.15, -0.1) is 0 Å². The average molecular weight is 605 g/mol. The van der Waals surface area contributed by atoms with Crippen LogP contribution in [0.3, 0.4) is 0 Å². The summed E-state index contributed by atoms with van der Waals surface area (Å²) in [5, 5.41) is 2.79. The van der Waals surface area contributed by atoms with Crippen molar-refractivity contribution in [3.8, 4) is 5.75 Å². The van der Waals surface area contributed by atoms with Gasteiger partial charge in [0.15, 0.2) is 0 Å². The third-order valence-electron chi connectivity index (χ3n) is 5.22. The first-order valence-electron chi connectivity index (χ1n) is 12.3. The molecule has 10 heteroatoms. The van der Waals surface area contributed by atoms with E-state index >= 15 is 0 Å². The second-order valence-electron chi connectivity index (χ2n) is 9.52. The van der Waals surface area contributed by atoms with E-state index in [4.69, 9.17) is 9.47 Å². The molecule has 38 heavy (non-hydrogen) atoms. The van der Waals surface area contributed by atoms with Gasteiger partial charge in [-0.25, -0.2) is 13.2 Å². The number of benzene rings is 3. The highest BCUT2D eigenvalue weighted by molar-refractivity contribution is 9.10. The first-order valence-corrected chi connectivity index (χ1v) is 14.6. The fraction of sp³-hybridized carbons (Fsp3) is 0.321. The van der Waals surface area contributed by atoms with Crippen LogP contribution in [-0.4, -0.2) is 39.8 Å². The molecule has 204 valence electrons. The molecule has 0 aliphatic carbocycles. The van der Waals surface area contributed by atoms with Crippen LogP contribution in [0.4, 0.5) is 16.2 Å².